The molecule has 0 aromatic heterocycles. The third-order valence-corrected chi connectivity index (χ3v) is 4.28. The average molecular weight is 288 g/mol. The van der Waals surface area contributed by atoms with Crippen LogP contribution in [0, 0.1) is 5.82 Å². The van der Waals surface area contributed by atoms with Crippen LogP contribution in [0.5, 0.6) is 0 Å². The van der Waals surface area contributed by atoms with E-state index in [0.717, 1.165) is 23.6 Å². The summed E-state index contributed by atoms with van der Waals surface area (Å²) in [6, 6.07) is 4.71. The molecule has 1 aliphatic heterocycles. The monoisotopic (exact) mass is 287 g/mol. The Hall–Kier alpha value is -0.580. The van der Waals surface area contributed by atoms with Crippen LogP contribution in [-0.4, -0.2) is 29.9 Å². The van der Waals surface area contributed by atoms with Crippen LogP contribution in [0.15, 0.2) is 18.2 Å². The van der Waals surface area contributed by atoms with E-state index in [1.165, 1.54) is 12.1 Å². The van der Waals surface area contributed by atoms with Gasteiger partial charge < -0.3 is 5.32 Å². The topological polar surface area (TPSA) is 29.1 Å². The third kappa shape index (κ3) is 3.97. The zero-order valence-electron chi connectivity index (χ0n) is 9.92. The second-order valence-corrected chi connectivity index (χ2v) is 5.95. The fraction of sp³-hybridized carbons (Fsp3) is 0.462. The molecule has 1 unspecified atom stereocenters. The number of thioether (sulfide) groups is 1. The molecule has 98 valence electrons. The predicted molar refractivity (Wildman–Crippen MR) is 73.9 cm³/mol. The number of hydrogen-bond acceptors (Lipinski definition) is 3. The van der Waals surface area contributed by atoms with Crippen LogP contribution in [-0.2, 0) is 11.2 Å². The van der Waals surface area contributed by atoms with Gasteiger partial charge in [0, 0.05) is 36.9 Å². The number of nitrogens with one attached hydrogen (secondary N) is 1. The van der Waals surface area contributed by atoms with Crippen LogP contribution in [0.4, 0.5) is 4.39 Å². The van der Waals surface area contributed by atoms with Gasteiger partial charge in [0.05, 0.1) is 5.02 Å². The Kier molecular flexibility index (Phi) is 5.03. The molecule has 0 bridgehead atoms. The number of Topliss-reactive ketones (excluding diaryl/α,β-unsaturated/α-hetero) is 1. The van der Waals surface area contributed by atoms with E-state index in [9.17, 15) is 9.18 Å². The van der Waals surface area contributed by atoms with Crippen LogP contribution < -0.4 is 5.32 Å². The first-order chi connectivity index (χ1) is 8.65. The van der Waals surface area contributed by atoms with Crippen molar-refractivity contribution in [2.75, 3.05) is 18.1 Å². The number of hydrogen-bond donors (Lipinski definition) is 1. The summed E-state index contributed by atoms with van der Waals surface area (Å²) in [6.07, 6.45) is 0.852. The molecule has 0 saturated carbocycles. The lowest BCUT2D eigenvalue weighted by atomic mass is 10.0. The standard InChI is InChI=1S/C13H15ClFNOS/c14-12-6-9(1-2-13(12)15)5-11(17)7-10-8-18-4-3-16-10/h1-2,6,10,16H,3-5,7-8H2. The normalized spacial score (nSPS) is 19.8. The summed E-state index contributed by atoms with van der Waals surface area (Å²) in [5, 5.41) is 3.40. The number of rotatable bonds is 4. The Morgan fingerprint density at radius 1 is 1.56 bits per heavy atom. The summed E-state index contributed by atoms with van der Waals surface area (Å²) < 4.78 is 13.0. The maximum atomic E-state index is 13.0. The van der Waals surface area contributed by atoms with Crippen molar-refractivity contribution < 1.29 is 9.18 Å². The van der Waals surface area contributed by atoms with E-state index in [-0.39, 0.29) is 16.8 Å². The molecular formula is C13H15ClFNOS. The number of halogens is 2. The van der Waals surface area contributed by atoms with E-state index in [1.807, 2.05) is 11.8 Å². The van der Waals surface area contributed by atoms with Crippen LogP contribution in [0.3, 0.4) is 0 Å². The van der Waals surface area contributed by atoms with Gasteiger partial charge in [0.25, 0.3) is 0 Å². The zero-order valence-corrected chi connectivity index (χ0v) is 11.5. The van der Waals surface area contributed by atoms with E-state index >= 15 is 0 Å². The van der Waals surface area contributed by atoms with Crippen molar-refractivity contribution in [3.05, 3.63) is 34.6 Å². The molecule has 18 heavy (non-hydrogen) atoms. The van der Waals surface area contributed by atoms with Crippen molar-refractivity contribution in [2.24, 2.45) is 0 Å². The molecule has 1 atom stereocenters. The quantitative estimate of drug-likeness (QED) is 0.923. The van der Waals surface area contributed by atoms with Crippen LogP contribution in [0.2, 0.25) is 5.02 Å². The predicted octanol–water partition coefficient (Wildman–Crippen LogP) is 2.69. The highest BCUT2D eigenvalue weighted by atomic mass is 35.5. The molecule has 2 nitrogen and oxygen atoms in total. The van der Waals surface area contributed by atoms with Crippen molar-refractivity contribution in [1.29, 1.82) is 0 Å². The average Bonchev–Trinajstić information content (AvgIpc) is 2.35. The number of carbonyl (C=O) groups excluding carboxylic acids is 1. The fourth-order valence-corrected chi connectivity index (χ4v) is 3.13. The number of benzene rings is 1. The first-order valence-electron chi connectivity index (χ1n) is 5.92. The molecule has 1 N–H and O–H groups in total. The van der Waals surface area contributed by atoms with Gasteiger partial charge in [0.1, 0.15) is 11.6 Å². The van der Waals surface area contributed by atoms with Gasteiger partial charge in [0.15, 0.2) is 0 Å². The number of carbonyl (C=O) groups is 1. The summed E-state index contributed by atoms with van der Waals surface area (Å²) in [5.74, 6) is 1.81. The van der Waals surface area contributed by atoms with Crippen LogP contribution in [0.1, 0.15) is 12.0 Å². The fourth-order valence-electron chi connectivity index (χ4n) is 1.98. The van der Waals surface area contributed by atoms with E-state index in [2.05, 4.69) is 5.32 Å². The molecule has 1 saturated heterocycles. The van der Waals surface area contributed by atoms with Gasteiger partial charge >= 0.3 is 0 Å². The highest BCUT2D eigenvalue weighted by molar-refractivity contribution is 7.99. The van der Waals surface area contributed by atoms with Crippen LogP contribution >= 0.6 is 23.4 Å². The lowest BCUT2D eigenvalue weighted by Crippen LogP contribution is -2.39. The van der Waals surface area contributed by atoms with Crippen molar-refractivity contribution >= 4 is 29.1 Å². The maximum absolute atomic E-state index is 13.0. The highest BCUT2D eigenvalue weighted by Crippen LogP contribution is 2.17. The highest BCUT2D eigenvalue weighted by Gasteiger charge is 2.17. The minimum absolute atomic E-state index is 0.0756. The molecule has 1 aliphatic rings. The second-order valence-electron chi connectivity index (χ2n) is 4.39. The lowest BCUT2D eigenvalue weighted by Gasteiger charge is -2.22. The maximum Gasteiger partial charge on any atom is 0.141 e. The SMILES string of the molecule is O=C(Cc1ccc(F)c(Cl)c1)CC1CSCCN1. The zero-order chi connectivity index (χ0) is 13.0. The molecule has 1 aromatic carbocycles. The first kappa shape index (κ1) is 13.8. The van der Waals surface area contributed by atoms with Gasteiger partial charge in [-0.05, 0) is 17.7 Å². The molecule has 1 heterocycles. The summed E-state index contributed by atoms with van der Waals surface area (Å²) >= 11 is 7.56. The summed E-state index contributed by atoms with van der Waals surface area (Å²) in [7, 11) is 0. The van der Waals surface area contributed by atoms with Gasteiger partial charge in [-0.2, -0.15) is 11.8 Å². The minimum atomic E-state index is -0.446. The molecule has 5 heteroatoms. The second kappa shape index (κ2) is 6.55. The Bertz CT molecular complexity index is 435. The summed E-state index contributed by atoms with van der Waals surface area (Å²) in [5.41, 5.74) is 0.773. The molecular weight excluding hydrogens is 273 g/mol. The minimum Gasteiger partial charge on any atom is -0.312 e. The smallest absolute Gasteiger partial charge is 0.141 e. The van der Waals surface area contributed by atoms with Gasteiger partial charge in [-0.15, -0.1) is 0 Å². The summed E-state index contributed by atoms with van der Waals surface area (Å²) in [4.78, 5) is 11.9. The molecule has 0 radical (unpaired) electrons. The van der Waals surface area contributed by atoms with E-state index in [1.54, 1.807) is 6.07 Å². The Morgan fingerprint density at radius 3 is 3.06 bits per heavy atom. The third-order valence-electron chi connectivity index (χ3n) is 2.86. The van der Waals surface area contributed by atoms with Crippen molar-refractivity contribution in [3.8, 4) is 0 Å². The molecule has 0 amide bonds. The van der Waals surface area contributed by atoms with Gasteiger partial charge in [-0.3, -0.25) is 4.79 Å². The number of ketones is 1. The largest absolute Gasteiger partial charge is 0.312 e. The van der Waals surface area contributed by atoms with Gasteiger partial charge in [-0.25, -0.2) is 4.39 Å². The van der Waals surface area contributed by atoms with Crippen LogP contribution in [0.25, 0.3) is 0 Å². The van der Waals surface area contributed by atoms with Gasteiger partial charge in [-0.1, -0.05) is 17.7 Å². The molecule has 0 spiro atoms. The molecule has 1 fully saturated rings. The first-order valence-corrected chi connectivity index (χ1v) is 7.45. The van der Waals surface area contributed by atoms with E-state index in [0.29, 0.717) is 12.8 Å². The van der Waals surface area contributed by atoms with Crippen molar-refractivity contribution in [3.63, 3.8) is 0 Å². The van der Waals surface area contributed by atoms with E-state index < -0.39 is 5.82 Å². The van der Waals surface area contributed by atoms with Gasteiger partial charge in [0.2, 0.25) is 0 Å². The molecule has 2 rings (SSSR count). The Labute approximate surface area is 115 Å². The molecule has 1 aromatic rings. The summed E-state index contributed by atoms with van der Waals surface area (Å²) in [6.45, 7) is 0.963. The van der Waals surface area contributed by atoms with E-state index in [4.69, 9.17) is 11.6 Å². The van der Waals surface area contributed by atoms with Crippen molar-refractivity contribution in [1.82, 2.24) is 5.32 Å². The molecule has 0 aliphatic carbocycles. The lowest BCUT2D eigenvalue weighted by molar-refractivity contribution is -0.118. The van der Waals surface area contributed by atoms with Crippen molar-refractivity contribution in [2.45, 2.75) is 18.9 Å². The Morgan fingerprint density at radius 2 is 2.39 bits per heavy atom. The Balaban J connectivity index is 1.88.